The highest BCUT2D eigenvalue weighted by molar-refractivity contribution is 5.92. The summed E-state index contributed by atoms with van der Waals surface area (Å²) in [5.41, 5.74) is 8.46. The van der Waals surface area contributed by atoms with Crippen LogP contribution in [0, 0.1) is 6.92 Å². The van der Waals surface area contributed by atoms with E-state index >= 15 is 0 Å². The zero-order valence-electron chi connectivity index (χ0n) is 10.8. The summed E-state index contributed by atoms with van der Waals surface area (Å²) in [6, 6.07) is 8.01. The van der Waals surface area contributed by atoms with Crippen LogP contribution in [0.15, 0.2) is 35.0 Å². The number of aryl methyl sites for hydroxylation is 1. The van der Waals surface area contributed by atoms with Gasteiger partial charge < -0.3 is 15.6 Å². The minimum absolute atomic E-state index is 0.249. The summed E-state index contributed by atoms with van der Waals surface area (Å²) in [7, 11) is 0. The van der Waals surface area contributed by atoms with E-state index in [9.17, 15) is 4.79 Å². The third kappa shape index (κ3) is 3.42. The van der Waals surface area contributed by atoms with Crippen LogP contribution in [0.2, 0.25) is 0 Å². The van der Waals surface area contributed by atoms with Gasteiger partial charge in [0.25, 0.3) is 5.91 Å². The number of hydrogen-bond acceptors (Lipinski definition) is 4. The van der Waals surface area contributed by atoms with E-state index < -0.39 is 0 Å². The van der Waals surface area contributed by atoms with E-state index in [2.05, 4.69) is 10.5 Å². The van der Waals surface area contributed by atoms with Gasteiger partial charge in [0, 0.05) is 12.1 Å². The zero-order chi connectivity index (χ0) is 13.7. The molecule has 100 valence electrons. The Bertz CT molecular complexity index is 546. The third-order valence-electron chi connectivity index (χ3n) is 2.86. The summed E-state index contributed by atoms with van der Waals surface area (Å²) < 4.78 is 4.89. The molecule has 1 heterocycles. The van der Waals surface area contributed by atoms with Crippen molar-refractivity contribution in [2.24, 2.45) is 5.73 Å². The Morgan fingerprint density at radius 3 is 2.58 bits per heavy atom. The smallest absolute Gasteiger partial charge is 0.290 e. The predicted octanol–water partition coefficient (Wildman–Crippen LogP) is 1.41. The molecule has 0 radical (unpaired) electrons. The second-order valence-electron chi connectivity index (χ2n) is 4.38. The summed E-state index contributed by atoms with van der Waals surface area (Å²) in [5, 5.41) is 6.38. The normalized spacial score (nSPS) is 10.4. The molecule has 19 heavy (non-hydrogen) atoms. The quantitative estimate of drug-likeness (QED) is 0.850. The van der Waals surface area contributed by atoms with Gasteiger partial charge in [-0.15, -0.1) is 0 Å². The lowest BCUT2D eigenvalue weighted by atomic mass is 10.1. The van der Waals surface area contributed by atoms with Crippen molar-refractivity contribution in [2.75, 3.05) is 6.54 Å². The summed E-state index contributed by atoms with van der Waals surface area (Å²) in [6.07, 6.45) is 2.39. The van der Waals surface area contributed by atoms with Crippen LogP contribution in [-0.4, -0.2) is 17.6 Å². The highest BCUT2D eigenvalue weighted by Crippen LogP contribution is 2.07. The van der Waals surface area contributed by atoms with E-state index in [-0.39, 0.29) is 11.7 Å². The number of nitrogens with zero attached hydrogens (tertiary/aromatic N) is 1. The van der Waals surface area contributed by atoms with Crippen molar-refractivity contribution in [1.29, 1.82) is 0 Å². The number of hydrogen-bond donors (Lipinski definition) is 2. The van der Waals surface area contributed by atoms with E-state index in [4.69, 9.17) is 10.3 Å². The van der Waals surface area contributed by atoms with Crippen LogP contribution in [0.1, 0.15) is 27.2 Å². The van der Waals surface area contributed by atoms with Crippen LogP contribution in [0.25, 0.3) is 0 Å². The lowest BCUT2D eigenvalue weighted by molar-refractivity contribution is 0.0913. The zero-order valence-corrected chi connectivity index (χ0v) is 10.8. The van der Waals surface area contributed by atoms with E-state index in [1.54, 1.807) is 6.92 Å². The number of nitrogens with two attached hydrogens (primary N) is 1. The molecule has 1 aromatic carbocycles. The van der Waals surface area contributed by atoms with Gasteiger partial charge in [0.05, 0.1) is 6.20 Å². The van der Waals surface area contributed by atoms with Gasteiger partial charge >= 0.3 is 0 Å². The van der Waals surface area contributed by atoms with Crippen molar-refractivity contribution in [2.45, 2.75) is 19.9 Å². The summed E-state index contributed by atoms with van der Waals surface area (Å²) >= 11 is 0. The molecule has 5 nitrogen and oxygen atoms in total. The SMILES string of the molecule is Cc1cnoc1C(=O)NCc1ccc(CCN)cc1. The molecular formula is C14H17N3O2. The molecule has 0 aliphatic heterocycles. The lowest BCUT2D eigenvalue weighted by Crippen LogP contribution is -2.22. The summed E-state index contributed by atoms with van der Waals surface area (Å²) in [6.45, 7) is 2.88. The van der Waals surface area contributed by atoms with Crippen LogP contribution in [0.5, 0.6) is 0 Å². The monoisotopic (exact) mass is 259 g/mol. The second kappa shape index (κ2) is 6.15. The first-order chi connectivity index (χ1) is 9.20. The molecule has 1 aromatic heterocycles. The van der Waals surface area contributed by atoms with Crippen molar-refractivity contribution >= 4 is 5.91 Å². The molecule has 0 aliphatic rings. The van der Waals surface area contributed by atoms with Crippen LogP contribution in [0.4, 0.5) is 0 Å². The van der Waals surface area contributed by atoms with Gasteiger partial charge in [-0.2, -0.15) is 0 Å². The maximum atomic E-state index is 11.8. The molecule has 0 aliphatic carbocycles. The Morgan fingerprint density at radius 2 is 2.00 bits per heavy atom. The topological polar surface area (TPSA) is 81.2 Å². The number of benzene rings is 1. The van der Waals surface area contributed by atoms with Crippen LogP contribution < -0.4 is 11.1 Å². The van der Waals surface area contributed by atoms with Crippen molar-refractivity contribution in [3.05, 3.63) is 52.9 Å². The van der Waals surface area contributed by atoms with Gasteiger partial charge in [0.15, 0.2) is 0 Å². The highest BCUT2D eigenvalue weighted by atomic mass is 16.5. The predicted molar refractivity (Wildman–Crippen MR) is 71.6 cm³/mol. The molecule has 0 fully saturated rings. The van der Waals surface area contributed by atoms with Crippen LogP contribution in [0.3, 0.4) is 0 Å². The molecular weight excluding hydrogens is 242 g/mol. The molecule has 0 saturated heterocycles. The molecule has 1 amide bonds. The maximum absolute atomic E-state index is 11.8. The molecule has 3 N–H and O–H groups in total. The van der Waals surface area contributed by atoms with E-state index in [0.29, 0.717) is 13.1 Å². The molecule has 0 atom stereocenters. The lowest BCUT2D eigenvalue weighted by Gasteiger charge is -2.05. The fraction of sp³-hybridized carbons (Fsp3) is 0.286. The van der Waals surface area contributed by atoms with Gasteiger partial charge in [0.2, 0.25) is 5.76 Å². The second-order valence-corrected chi connectivity index (χ2v) is 4.38. The molecule has 0 spiro atoms. The van der Waals surface area contributed by atoms with Gasteiger partial charge in [-0.05, 0) is 31.0 Å². The number of amides is 1. The summed E-state index contributed by atoms with van der Waals surface area (Å²) in [4.78, 5) is 11.8. The fourth-order valence-electron chi connectivity index (χ4n) is 1.76. The fourth-order valence-corrected chi connectivity index (χ4v) is 1.76. The van der Waals surface area contributed by atoms with Gasteiger partial charge in [-0.3, -0.25) is 4.79 Å². The Hall–Kier alpha value is -2.14. The maximum Gasteiger partial charge on any atom is 0.290 e. The number of rotatable bonds is 5. The number of aromatic nitrogens is 1. The number of nitrogens with one attached hydrogen (secondary N) is 1. The van der Waals surface area contributed by atoms with Crippen LogP contribution in [-0.2, 0) is 13.0 Å². The van der Waals surface area contributed by atoms with Crippen molar-refractivity contribution in [3.8, 4) is 0 Å². The number of carbonyl (C=O) groups is 1. The van der Waals surface area contributed by atoms with Gasteiger partial charge in [-0.25, -0.2) is 0 Å². The summed E-state index contributed by atoms with van der Waals surface area (Å²) in [5.74, 6) is 0.0146. The van der Waals surface area contributed by atoms with Crippen LogP contribution >= 0.6 is 0 Å². The van der Waals surface area contributed by atoms with Crippen molar-refractivity contribution in [1.82, 2.24) is 10.5 Å². The highest BCUT2D eigenvalue weighted by Gasteiger charge is 2.13. The molecule has 2 aromatic rings. The third-order valence-corrected chi connectivity index (χ3v) is 2.86. The standard InChI is InChI=1S/C14H17N3O2/c1-10-8-17-19-13(10)14(18)16-9-12-4-2-11(3-5-12)6-7-15/h2-5,8H,6-7,9,15H2,1H3,(H,16,18). The minimum Gasteiger partial charge on any atom is -0.351 e. The largest absolute Gasteiger partial charge is 0.351 e. The Kier molecular flexibility index (Phi) is 4.30. The molecule has 0 unspecified atom stereocenters. The Morgan fingerprint density at radius 1 is 1.32 bits per heavy atom. The first kappa shape index (κ1) is 13.3. The van der Waals surface area contributed by atoms with Gasteiger partial charge in [0.1, 0.15) is 0 Å². The molecule has 0 bridgehead atoms. The molecule has 5 heteroatoms. The Labute approximate surface area is 111 Å². The number of carbonyl (C=O) groups excluding carboxylic acids is 1. The van der Waals surface area contributed by atoms with Crippen molar-refractivity contribution in [3.63, 3.8) is 0 Å². The first-order valence-corrected chi connectivity index (χ1v) is 6.18. The van der Waals surface area contributed by atoms with Crippen molar-refractivity contribution < 1.29 is 9.32 Å². The Balaban J connectivity index is 1.92. The van der Waals surface area contributed by atoms with Gasteiger partial charge in [-0.1, -0.05) is 29.4 Å². The molecule has 0 saturated carbocycles. The average Bonchev–Trinajstić information content (AvgIpc) is 2.84. The van der Waals surface area contributed by atoms with E-state index in [1.165, 1.54) is 11.8 Å². The minimum atomic E-state index is -0.249. The first-order valence-electron chi connectivity index (χ1n) is 6.18. The van der Waals surface area contributed by atoms with E-state index in [1.807, 2.05) is 24.3 Å². The van der Waals surface area contributed by atoms with E-state index in [0.717, 1.165) is 17.5 Å². The molecule has 2 rings (SSSR count). The average molecular weight is 259 g/mol.